The molecule has 0 bridgehead atoms. The lowest BCUT2D eigenvalue weighted by Gasteiger charge is -2.38. The molecule has 2 heterocycles. The Hall–Kier alpha value is -0.950. The van der Waals surface area contributed by atoms with Crippen LogP contribution >= 0.6 is 43.5 Å². The third-order valence-electron chi connectivity index (χ3n) is 6.12. The Morgan fingerprint density at radius 2 is 1.93 bits per heavy atom. The maximum absolute atomic E-state index is 11.9. The summed E-state index contributed by atoms with van der Waals surface area (Å²) in [5, 5.41) is 0.757. The van der Waals surface area contributed by atoms with Crippen LogP contribution in [-0.4, -0.2) is 35.5 Å². The van der Waals surface area contributed by atoms with Gasteiger partial charge in [-0.1, -0.05) is 27.5 Å². The van der Waals surface area contributed by atoms with Crippen molar-refractivity contribution in [2.24, 2.45) is 5.92 Å². The van der Waals surface area contributed by atoms with Crippen molar-refractivity contribution in [2.45, 2.75) is 45.1 Å². The number of pyridine rings is 1. The zero-order chi connectivity index (χ0) is 21.3. The number of rotatable bonds is 4. The molecule has 1 atom stereocenters. The normalized spacial score (nSPS) is 19.7. The highest BCUT2D eigenvalue weighted by Crippen LogP contribution is 2.42. The first-order valence-electron chi connectivity index (χ1n) is 10.5. The standard InChI is InChI=1S/C23H25Br2ClN2O2/c1-2-30-20(29)9-14-5-7-28(8-6-14)23-21-15(11-18(26)12-19(21)25)3-4-16-10-17(24)13-27-22(16)23/h10-14,23H,2-9H2,1H3. The molecule has 2 aliphatic rings. The van der Waals surface area contributed by atoms with Crippen LogP contribution in [0.4, 0.5) is 0 Å². The van der Waals surface area contributed by atoms with E-state index in [2.05, 4.69) is 48.9 Å². The van der Waals surface area contributed by atoms with Crippen molar-refractivity contribution >= 4 is 49.4 Å². The zero-order valence-electron chi connectivity index (χ0n) is 17.0. The number of piperidine rings is 1. The van der Waals surface area contributed by atoms with Crippen LogP contribution in [0.3, 0.4) is 0 Å². The van der Waals surface area contributed by atoms with Crippen LogP contribution in [0, 0.1) is 5.92 Å². The average Bonchev–Trinajstić information content (AvgIpc) is 2.86. The number of nitrogens with zero attached hydrogens (tertiary/aromatic N) is 2. The predicted molar refractivity (Wildman–Crippen MR) is 126 cm³/mol. The second-order valence-electron chi connectivity index (χ2n) is 8.05. The molecule has 1 aromatic carbocycles. The van der Waals surface area contributed by atoms with E-state index in [1.165, 1.54) is 16.7 Å². The van der Waals surface area contributed by atoms with Gasteiger partial charge >= 0.3 is 5.97 Å². The summed E-state index contributed by atoms with van der Waals surface area (Å²) < 4.78 is 7.20. The fraction of sp³-hybridized carbons (Fsp3) is 0.478. The van der Waals surface area contributed by atoms with E-state index in [0.717, 1.165) is 58.4 Å². The molecular formula is C23H25Br2ClN2O2. The lowest BCUT2D eigenvalue weighted by atomic mass is 9.90. The van der Waals surface area contributed by atoms with E-state index >= 15 is 0 Å². The molecule has 160 valence electrons. The summed E-state index contributed by atoms with van der Waals surface area (Å²) >= 11 is 13.8. The molecule has 1 unspecified atom stereocenters. The van der Waals surface area contributed by atoms with Gasteiger partial charge in [-0.2, -0.15) is 0 Å². The third-order valence-corrected chi connectivity index (χ3v) is 7.43. The number of benzene rings is 1. The van der Waals surface area contributed by atoms with Gasteiger partial charge in [0.2, 0.25) is 0 Å². The highest BCUT2D eigenvalue weighted by atomic mass is 79.9. The van der Waals surface area contributed by atoms with Crippen molar-refractivity contribution in [3.63, 3.8) is 0 Å². The third kappa shape index (κ3) is 4.77. The molecule has 0 saturated carbocycles. The van der Waals surface area contributed by atoms with Crippen LogP contribution in [0.5, 0.6) is 0 Å². The molecule has 4 rings (SSSR count). The summed E-state index contributed by atoms with van der Waals surface area (Å²) in [7, 11) is 0. The first-order chi connectivity index (χ1) is 14.5. The first kappa shape index (κ1) is 22.3. The molecule has 1 fully saturated rings. The van der Waals surface area contributed by atoms with Gasteiger partial charge in [-0.15, -0.1) is 0 Å². The fourth-order valence-corrected chi connectivity index (χ4v) is 6.19. The van der Waals surface area contributed by atoms with Crippen LogP contribution in [0.2, 0.25) is 5.02 Å². The topological polar surface area (TPSA) is 42.4 Å². The Balaban J connectivity index is 1.65. The minimum Gasteiger partial charge on any atom is -0.466 e. The van der Waals surface area contributed by atoms with Crippen molar-refractivity contribution in [1.29, 1.82) is 0 Å². The van der Waals surface area contributed by atoms with Gasteiger partial charge in [0, 0.05) is 26.6 Å². The van der Waals surface area contributed by atoms with Crippen LogP contribution < -0.4 is 0 Å². The van der Waals surface area contributed by atoms with Crippen molar-refractivity contribution in [3.8, 4) is 0 Å². The van der Waals surface area contributed by atoms with E-state index in [-0.39, 0.29) is 12.0 Å². The molecule has 4 nitrogen and oxygen atoms in total. The Bertz CT molecular complexity index is 945. The van der Waals surface area contributed by atoms with E-state index in [1.54, 1.807) is 0 Å². The van der Waals surface area contributed by atoms with Crippen molar-refractivity contribution in [3.05, 3.63) is 60.7 Å². The van der Waals surface area contributed by atoms with E-state index in [4.69, 9.17) is 21.3 Å². The minimum atomic E-state index is -0.0787. The number of aryl methyl sites for hydroxylation is 2. The van der Waals surface area contributed by atoms with Gasteiger partial charge in [0.25, 0.3) is 0 Å². The number of carbonyl (C=O) groups excluding carboxylic acids is 1. The van der Waals surface area contributed by atoms with Crippen molar-refractivity contribution in [2.75, 3.05) is 19.7 Å². The molecule has 2 aromatic rings. The van der Waals surface area contributed by atoms with E-state index < -0.39 is 0 Å². The minimum absolute atomic E-state index is 0.0787. The Kier molecular flexibility index (Phi) is 7.18. The Morgan fingerprint density at radius 1 is 1.20 bits per heavy atom. The fourth-order valence-electron chi connectivity index (χ4n) is 4.72. The molecule has 1 aliphatic carbocycles. The smallest absolute Gasteiger partial charge is 0.306 e. The maximum atomic E-state index is 11.9. The zero-order valence-corrected chi connectivity index (χ0v) is 20.9. The Labute approximate surface area is 199 Å². The molecule has 7 heteroatoms. The summed E-state index contributed by atoms with van der Waals surface area (Å²) in [6.45, 7) is 4.17. The lowest BCUT2D eigenvalue weighted by molar-refractivity contribution is -0.144. The maximum Gasteiger partial charge on any atom is 0.306 e. The summed E-state index contributed by atoms with van der Waals surface area (Å²) in [5.74, 6) is 0.307. The quantitative estimate of drug-likeness (QED) is 0.426. The molecule has 1 aromatic heterocycles. The molecule has 1 aliphatic heterocycles. The lowest BCUT2D eigenvalue weighted by Crippen LogP contribution is -2.38. The van der Waals surface area contributed by atoms with Crippen molar-refractivity contribution in [1.82, 2.24) is 9.88 Å². The monoisotopic (exact) mass is 554 g/mol. The second-order valence-corrected chi connectivity index (χ2v) is 10.3. The van der Waals surface area contributed by atoms with Gasteiger partial charge in [0.1, 0.15) is 0 Å². The number of fused-ring (bicyclic) bond motifs is 2. The number of halogens is 3. The van der Waals surface area contributed by atoms with Gasteiger partial charge < -0.3 is 4.74 Å². The van der Waals surface area contributed by atoms with E-state index in [9.17, 15) is 4.79 Å². The largest absolute Gasteiger partial charge is 0.466 e. The number of carbonyl (C=O) groups is 1. The summed E-state index contributed by atoms with van der Waals surface area (Å²) in [6.07, 6.45) is 6.27. The van der Waals surface area contributed by atoms with Crippen molar-refractivity contribution < 1.29 is 9.53 Å². The number of aromatic nitrogens is 1. The van der Waals surface area contributed by atoms with Crippen LogP contribution in [0.25, 0.3) is 0 Å². The number of esters is 1. The van der Waals surface area contributed by atoms with Crippen LogP contribution in [0.1, 0.15) is 54.6 Å². The van der Waals surface area contributed by atoms with Gasteiger partial charge in [0.15, 0.2) is 0 Å². The molecule has 30 heavy (non-hydrogen) atoms. The molecule has 0 N–H and O–H groups in total. The molecule has 1 saturated heterocycles. The molecule has 0 amide bonds. The van der Waals surface area contributed by atoms with E-state index in [0.29, 0.717) is 18.9 Å². The second kappa shape index (κ2) is 9.68. The van der Waals surface area contributed by atoms with Gasteiger partial charge in [0.05, 0.1) is 18.3 Å². The van der Waals surface area contributed by atoms with Gasteiger partial charge in [-0.05, 0) is 102 Å². The number of ether oxygens (including phenoxy) is 1. The first-order valence-corrected chi connectivity index (χ1v) is 12.4. The van der Waals surface area contributed by atoms with Crippen LogP contribution in [0.15, 0.2) is 33.3 Å². The number of likely N-dealkylation sites (tertiary alicyclic amines) is 1. The highest BCUT2D eigenvalue weighted by molar-refractivity contribution is 9.10. The van der Waals surface area contributed by atoms with E-state index in [1.807, 2.05) is 19.2 Å². The number of hydrogen-bond donors (Lipinski definition) is 0. The van der Waals surface area contributed by atoms with Crippen LogP contribution in [-0.2, 0) is 22.4 Å². The summed E-state index contributed by atoms with van der Waals surface area (Å²) in [5.41, 5.74) is 4.96. The Morgan fingerprint density at radius 3 is 2.67 bits per heavy atom. The molecule has 0 radical (unpaired) electrons. The predicted octanol–water partition coefficient (Wildman–Crippen LogP) is 6.11. The molecular weight excluding hydrogens is 532 g/mol. The SMILES string of the molecule is CCOC(=O)CC1CCN(C2c3ncc(Br)cc3CCc3cc(Cl)cc(Br)c32)CC1. The highest BCUT2D eigenvalue weighted by Gasteiger charge is 2.34. The molecule has 0 spiro atoms. The number of hydrogen-bond acceptors (Lipinski definition) is 4. The summed E-state index contributed by atoms with van der Waals surface area (Å²) in [6, 6.07) is 6.37. The average molecular weight is 557 g/mol. The summed E-state index contributed by atoms with van der Waals surface area (Å²) in [4.78, 5) is 19.3. The van der Waals surface area contributed by atoms with Gasteiger partial charge in [-0.3, -0.25) is 14.7 Å². The van der Waals surface area contributed by atoms with Gasteiger partial charge in [-0.25, -0.2) is 0 Å².